The van der Waals surface area contributed by atoms with E-state index >= 15 is 0 Å². The van der Waals surface area contributed by atoms with E-state index in [1.165, 1.54) is 6.92 Å². The summed E-state index contributed by atoms with van der Waals surface area (Å²) in [6, 6.07) is 9.83. The first-order valence-electron chi connectivity index (χ1n) is 5.73. The van der Waals surface area contributed by atoms with Crippen molar-refractivity contribution in [2.24, 2.45) is 5.92 Å². The Morgan fingerprint density at radius 2 is 2.00 bits per heavy atom. The summed E-state index contributed by atoms with van der Waals surface area (Å²) in [5.74, 6) is -0.132. The number of nitrogens with zero attached hydrogens (tertiary/aromatic N) is 1. The van der Waals surface area contributed by atoms with Gasteiger partial charge in [0.05, 0.1) is 0 Å². The smallest absolute Gasteiger partial charge is 0.207 e. The first-order chi connectivity index (χ1) is 8.08. The minimum absolute atomic E-state index is 0.0184. The van der Waals surface area contributed by atoms with Gasteiger partial charge in [0.25, 0.3) is 0 Å². The van der Waals surface area contributed by atoms with Crippen molar-refractivity contribution in [1.29, 1.82) is 0 Å². The predicted molar refractivity (Wildman–Crippen MR) is 65.4 cm³/mol. The number of nitro groups is 1. The molecule has 4 nitrogen and oxygen atoms in total. The molecule has 0 heterocycles. The van der Waals surface area contributed by atoms with E-state index in [-0.39, 0.29) is 23.2 Å². The highest BCUT2D eigenvalue weighted by Crippen LogP contribution is 2.14. The van der Waals surface area contributed by atoms with E-state index in [0.29, 0.717) is 12.8 Å². The SMILES string of the molecule is CC(=O)C[C@@H](CCc1ccccc1)C[N+](=O)[O-]. The molecule has 1 aromatic carbocycles. The van der Waals surface area contributed by atoms with Gasteiger partial charge in [-0.3, -0.25) is 10.1 Å². The number of Topliss-reactive ketones (excluding diaryl/α,β-unsaturated/α-hetero) is 1. The Kier molecular flexibility index (Phi) is 5.33. The zero-order valence-corrected chi connectivity index (χ0v) is 9.96. The van der Waals surface area contributed by atoms with Crippen LogP contribution in [0, 0.1) is 16.0 Å². The molecule has 0 N–H and O–H groups in total. The van der Waals surface area contributed by atoms with E-state index in [2.05, 4.69) is 0 Å². The van der Waals surface area contributed by atoms with Crippen molar-refractivity contribution in [2.75, 3.05) is 6.54 Å². The van der Waals surface area contributed by atoms with Gasteiger partial charge in [0, 0.05) is 17.3 Å². The summed E-state index contributed by atoms with van der Waals surface area (Å²) in [6.07, 6.45) is 1.77. The van der Waals surface area contributed by atoms with Gasteiger partial charge in [-0.2, -0.15) is 0 Å². The summed E-state index contributed by atoms with van der Waals surface area (Å²) < 4.78 is 0. The minimum atomic E-state index is -0.335. The van der Waals surface area contributed by atoms with Crippen molar-refractivity contribution < 1.29 is 9.72 Å². The Morgan fingerprint density at radius 3 is 2.53 bits per heavy atom. The Bertz CT molecular complexity index is 360. The van der Waals surface area contributed by atoms with Gasteiger partial charge in [0.2, 0.25) is 6.54 Å². The van der Waals surface area contributed by atoms with Crippen molar-refractivity contribution >= 4 is 5.78 Å². The molecule has 0 unspecified atom stereocenters. The molecule has 0 aliphatic heterocycles. The Hall–Kier alpha value is -1.71. The van der Waals surface area contributed by atoms with Crippen LogP contribution in [0.5, 0.6) is 0 Å². The third-order valence-electron chi connectivity index (χ3n) is 2.67. The van der Waals surface area contributed by atoms with Crippen molar-refractivity contribution in [1.82, 2.24) is 0 Å². The van der Waals surface area contributed by atoms with Crippen LogP contribution in [0.2, 0.25) is 0 Å². The second-order valence-corrected chi connectivity index (χ2v) is 4.31. The Labute approximate surface area is 101 Å². The largest absolute Gasteiger partial charge is 0.300 e. The molecule has 0 spiro atoms. The first kappa shape index (κ1) is 13.4. The average molecular weight is 235 g/mol. The highest BCUT2D eigenvalue weighted by molar-refractivity contribution is 5.75. The number of benzene rings is 1. The maximum absolute atomic E-state index is 11.0. The average Bonchev–Trinajstić information content (AvgIpc) is 2.26. The van der Waals surface area contributed by atoms with Crippen LogP contribution in [-0.4, -0.2) is 17.3 Å². The van der Waals surface area contributed by atoms with Gasteiger partial charge in [-0.25, -0.2) is 0 Å². The van der Waals surface area contributed by atoms with Crippen molar-refractivity contribution in [3.8, 4) is 0 Å². The van der Waals surface area contributed by atoms with Crippen LogP contribution in [-0.2, 0) is 11.2 Å². The molecule has 0 aliphatic carbocycles. The minimum Gasteiger partial charge on any atom is -0.300 e. The number of hydrogen-bond acceptors (Lipinski definition) is 3. The fourth-order valence-corrected chi connectivity index (χ4v) is 1.89. The molecule has 92 valence electrons. The van der Waals surface area contributed by atoms with E-state index in [4.69, 9.17) is 0 Å². The summed E-state index contributed by atoms with van der Waals surface area (Å²) in [6.45, 7) is 1.36. The summed E-state index contributed by atoms with van der Waals surface area (Å²) in [7, 11) is 0. The van der Waals surface area contributed by atoms with E-state index < -0.39 is 0 Å². The van der Waals surface area contributed by atoms with E-state index in [9.17, 15) is 14.9 Å². The van der Waals surface area contributed by atoms with E-state index in [1.54, 1.807) is 0 Å². The molecule has 4 heteroatoms. The molecule has 17 heavy (non-hydrogen) atoms. The number of carbonyl (C=O) groups is 1. The van der Waals surface area contributed by atoms with Gasteiger partial charge < -0.3 is 4.79 Å². The highest BCUT2D eigenvalue weighted by Gasteiger charge is 2.17. The molecule has 1 aromatic rings. The maximum atomic E-state index is 11.0. The zero-order chi connectivity index (χ0) is 12.7. The number of ketones is 1. The molecule has 1 atom stereocenters. The van der Waals surface area contributed by atoms with Gasteiger partial charge in [-0.15, -0.1) is 0 Å². The topological polar surface area (TPSA) is 60.2 Å². The Morgan fingerprint density at radius 1 is 1.35 bits per heavy atom. The van der Waals surface area contributed by atoms with Crippen LogP contribution in [0.4, 0.5) is 0 Å². The van der Waals surface area contributed by atoms with Crippen molar-refractivity contribution in [2.45, 2.75) is 26.2 Å². The highest BCUT2D eigenvalue weighted by atomic mass is 16.6. The molecule has 0 fully saturated rings. The quantitative estimate of drug-likeness (QED) is 0.539. The molecule has 0 aliphatic rings. The second kappa shape index (κ2) is 6.78. The first-order valence-corrected chi connectivity index (χ1v) is 5.73. The zero-order valence-electron chi connectivity index (χ0n) is 9.96. The van der Waals surface area contributed by atoms with E-state index in [1.807, 2.05) is 30.3 Å². The molecular formula is C13H17NO3. The fraction of sp³-hybridized carbons (Fsp3) is 0.462. The van der Waals surface area contributed by atoms with Crippen LogP contribution in [0.3, 0.4) is 0 Å². The summed E-state index contributed by atoms with van der Waals surface area (Å²) in [4.78, 5) is 21.2. The Balaban J connectivity index is 2.48. The van der Waals surface area contributed by atoms with Gasteiger partial charge in [0.15, 0.2) is 0 Å². The molecule has 0 saturated carbocycles. The molecule has 0 bridgehead atoms. The molecule has 0 saturated heterocycles. The molecule has 0 amide bonds. The van der Waals surface area contributed by atoms with Crippen LogP contribution in [0.25, 0.3) is 0 Å². The second-order valence-electron chi connectivity index (χ2n) is 4.31. The van der Waals surface area contributed by atoms with Gasteiger partial charge >= 0.3 is 0 Å². The number of rotatable bonds is 7. The molecule has 0 radical (unpaired) electrons. The maximum Gasteiger partial charge on any atom is 0.207 e. The van der Waals surface area contributed by atoms with Gasteiger partial charge in [0.1, 0.15) is 5.78 Å². The third kappa shape index (κ3) is 5.80. The molecular weight excluding hydrogens is 218 g/mol. The van der Waals surface area contributed by atoms with Crippen molar-refractivity contribution in [3.05, 3.63) is 46.0 Å². The van der Waals surface area contributed by atoms with Gasteiger partial charge in [-0.05, 0) is 25.3 Å². The number of carbonyl (C=O) groups excluding carboxylic acids is 1. The lowest BCUT2D eigenvalue weighted by Crippen LogP contribution is -2.17. The number of aryl methyl sites for hydroxylation is 1. The van der Waals surface area contributed by atoms with Crippen molar-refractivity contribution in [3.63, 3.8) is 0 Å². The normalized spacial score (nSPS) is 12.1. The fourth-order valence-electron chi connectivity index (χ4n) is 1.89. The predicted octanol–water partition coefficient (Wildman–Crippen LogP) is 2.49. The lowest BCUT2D eigenvalue weighted by atomic mass is 9.95. The van der Waals surface area contributed by atoms with Crippen LogP contribution in [0.1, 0.15) is 25.3 Å². The van der Waals surface area contributed by atoms with E-state index in [0.717, 1.165) is 12.0 Å². The van der Waals surface area contributed by atoms with Gasteiger partial charge in [-0.1, -0.05) is 30.3 Å². The standard InChI is InChI=1S/C13H17NO3/c1-11(15)9-13(10-14(16)17)8-7-12-5-3-2-4-6-12/h2-6,13H,7-10H2,1H3/t13-/m1/s1. The summed E-state index contributed by atoms with van der Waals surface area (Å²) in [5.41, 5.74) is 1.16. The van der Waals surface area contributed by atoms with Crippen LogP contribution < -0.4 is 0 Å². The lowest BCUT2D eigenvalue weighted by Gasteiger charge is -2.10. The summed E-state index contributed by atoms with van der Waals surface area (Å²) in [5, 5.41) is 10.5. The molecule has 1 rings (SSSR count). The van der Waals surface area contributed by atoms with Crippen LogP contribution >= 0.6 is 0 Å². The monoisotopic (exact) mass is 235 g/mol. The third-order valence-corrected chi connectivity index (χ3v) is 2.67. The summed E-state index contributed by atoms with van der Waals surface area (Å²) >= 11 is 0. The lowest BCUT2D eigenvalue weighted by molar-refractivity contribution is -0.488. The van der Waals surface area contributed by atoms with Crippen LogP contribution in [0.15, 0.2) is 30.3 Å². The molecule has 0 aromatic heterocycles. The number of hydrogen-bond donors (Lipinski definition) is 0.